The van der Waals surface area contributed by atoms with Crippen LogP contribution in [-0.2, 0) is 11.2 Å². The molecule has 0 unspecified atom stereocenters. The largest absolute Gasteiger partial charge is 0.504 e. The maximum absolute atomic E-state index is 12.0. The Balaban J connectivity index is 2.42. The summed E-state index contributed by atoms with van der Waals surface area (Å²) in [5.74, 6) is -1.32. The van der Waals surface area contributed by atoms with Crippen LogP contribution >= 0.6 is 0 Å². The van der Waals surface area contributed by atoms with Gasteiger partial charge in [-0.25, -0.2) is 4.79 Å². The van der Waals surface area contributed by atoms with Gasteiger partial charge in [0.05, 0.1) is 18.1 Å². The minimum atomic E-state index is -0.752. The first-order chi connectivity index (χ1) is 10.3. The van der Waals surface area contributed by atoms with Crippen LogP contribution in [0.3, 0.4) is 0 Å². The van der Waals surface area contributed by atoms with E-state index in [1.54, 1.807) is 6.92 Å². The van der Waals surface area contributed by atoms with Gasteiger partial charge in [-0.05, 0) is 31.5 Å². The molecule has 1 atom stereocenters. The summed E-state index contributed by atoms with van der Waals surface area (Å²) >= 11 is 0. The van der Waals surface area contributed by atoms with E-state index < -0.39 is 29.1 Å². The number of aliphatic hydroxyl groups is 1. The molecule has 7 heteroatoms. The molecular formula is C15H17NO6. The number of carbonyl (C=O) groups is 1. The maximum atomic E-state index is 12.0. The lowest BCUT2D eigenvalue weighted by atomic mass is 10.0. The van der Waals surface area contributed by atoms with Gasteiger partial charge in [0.15, 0.2) is 11.3 Å². The van der Waals surface area contributed by atoms with Crippen LogP contribution in [0, 0.1) is 6.92 Å². The number of aliphatic hydroxyl groups excluding tert-OH is 1. The zero-order valence-corrected chi connectivity index (χ0v) is 12.2. The number of hydrogen-bond acceptors (Lipinski definition) is 6. The molecule has 0 bridgehead atoms. The Morgan fingerprint density at radius 1 is 1.36 bits per heavy atom. The first kappa shape index (κ1) is 15.8. The van der Waals surface area contributed by atoms with Crippen LogP contribution in [0.1, 0.15) is 18.1 Å². The van der Waals surface area contributed by atoms with Gasteiger partial charge in [0.1, 0.15) is 0 Å². The second kappa shape index (κ2) is 6.07. The highest BCUT2D eigenvalue weighted by Crippen LogP contribution is 2.34. The SMILES string of the molecule is Cc1c(CC(=O)NC[C@@H](C)O)c(=O)oc2c(O)c(O)ccc12. The Hall–Kier alpha value is -2.54. The number of nitrogens with one attached hydrogen (secondary N) is 1. The predicted molar refractivity (Wildman–Crippen MR) is 78.9 cm³/mol. The van der Waals surface area contributed by atoms with Crippen molar-refractivity contribution in [3.05, 3.63) is 33.7 Å². The van der Waals surface area contributed by atoms with Gasteiger partial charge in [-0.15, -0.1) is 0 Å². The van der Waals surface area contributed by atoms with Gasteiger partial charge in [0.25, 0.3) is 0 Å². The zero-order valence-electron chi connectivity index (χ0n) is 12.2. The van der Waals surface area contributed by atoms with Crippen LogP contribution < -0.4 is 10.9 Å². The van der Waals surface area contributed by atoms with Crippen molar-refractivity contribution >= 4 is 16.9 Å². The number of hydrogen-bond donors (Lipinski definition) is 4. The summed E-state index contributed by atoms with van der Waals surface area (Å²) in [7, 11) is 0. The number of aryl methyl sites for hydroxylation is 1. The molecule has 0 aliphatic heterocycles. The number of phenolic OH excluding ortho intramolecular Hbond substituents is 2. The maximum Gasteiger partial charge on any atom is 0.340 e. The molecule has 0 saturated heterocycles. The Labute approximate surface area is 125 Å². The van der Waals surface area contributed by atoms with Crippen molar-refractivity contribution in [2.24, 2.45) is 0 Å². The highest BCUT2D eigenvalue weighted by atomic mass is 16.4. The molecule has 2 rings (SSSR count). The molecule has 118 valence electrons. The normalized spacial score (nSPS) is 12.3. The van der Waals surface area contributed by atoms with Crippen molar-refractivity contribution in [1.29, 1.82) is 0 Å². The summed E-state index contributed by atoms with van der Waals surface area (Å²) in [6.45, 7) is 3.25. The van der Waals surface area contributed by atoms with Crippen molar-refractivity contribution in [3.63, 3.8) is 0 Å². The minimum Gasteiger partial charge on any atom is -0.504 e. The number of benzene rings is 1. The number of phenols is 2. The number of rotatable bonds is 4. The lowest BCUT2D eigenvalue weighted by molar-refractivity contribution is -0.120. The van der Waals surface area contributed by atoms with Crippen molar-refractivity contribution in [3.8, 4) is 11.5 Å². The fourth-order valence-electron chi connectivity index (χ4n) is 2.12. The van der Waals surface area contributed by atoms with Crippen LogP contribution in [0.2, 0.25) is 0 Å². The quantitative estimate of drug-likeness (QED) is 0.484. The second-order valence-electron chi connectivity index (χ2n) is 5.13. The lowest BCUT2D eigenvalue weighted by Crippen LogP contribution is -2.33. The standard InChI is InChI=1S/C15H17NO6/c1-7(17)6-16-12(19)5-10-8(2)9-3-4-11(18)13(20)14(9)22-15(10)21/h3-4,7,17-18,20H,5-6H2,1-2H3,(H,16,19)/t7-/m1/s1. The summed E-state index contributed by atoms with van der Waals surface area (Å²) in [4.78, 5) is 23.8. The highest BCUT2D eigenvalue weighted by molar-refractivity contribution is 5.89. The van der Waals surface area contributed by atoms with E-state index in [2.05, 4.69) is 5.32 Å². The molecule has 7 nitrogen and oxygen atoms in total. The fraction of sp³-hybridized carbons (Fsp3) is 0.333. The van der Waals surface area contributed by atoms with E-state index in [0.29, 0.717) is 10.9 Å². The monoisotopic (exact) mass is 307 g/mol. The van der Waals surface area contributed by atoms with Crippen molar-refractivity contribution < 1.29 is 24.5 Å². The van der Waals surface area contributed by atoms with Crippen LogP contribution in [0.5, 0.6) is 11.5 Å². The van der Waals surface area contributed by atoms with Gasteiger partial charge in [0, 0.05) is 11.9 Å². The van der Waals surface area contributed by atoms with Crippen LogP contribution in [0.25, 0.3) is 11.0 Å². The topological polar surface area (TPSA) is 120 Å². The molecule has 1 aromatic heterocycles. The van der Waals surface area contributed by atoms with E-state index in [1.165, 1.54) is 19.1 Å². The highest BCUT2D eigenvalue weighted by Gasteiger charge is 2.18. The Bertz CT molecular complexity index is 778. The van der Waals surface area contributed by atoms with Gasteiger partial charge in [0.2, 0.25) is 11.7 Å². The van der Waals surface area contributed by atoms with Crippen LogP contribution in [0.4, 0.5) is 0 Å². The van der Waals surface area contributed by atoms with Gasteiger partial charge >= 0.3 is 5.63 Å². The number of amides is 1. The minimum absolute atomic E-state index is 0.0887. The lowest BCUT2D eigenvalue weighted by Gasteiger charge is -2.10. The molecule has 0 radical (unpaired) electrons. The molecule has 0 spiro atoms. The summed E-state index contributed by atoms with van der Waals surface area (Å²) in [5.41, 5.74) is -0.205. The second-order valence-corrected chi connectivity index (χ2v) is 5.13. The van der Waals surface area contributed by atoms with Crippen molar-refractivity contribution in [2.45, 2.75) is 26.4 Å². The molecule has 0 aliphatic carbocycles. The molecule has 1 aromatic carbocycles. The summed E-state index contributed by atoms with van der Waals surface area (Å²) in [6, 6.07) is 2.78. The van der Waals surface area contributed by atoms with E-state index in [-0.39, 0.29) is 24.1 Å². The number of carbonyl (C=O) groups excluding carboxylic acids is 1. The van der Waals surface area contributed by atoms with Crippen molar-refractivity contribution in [1.82, 2.24) is 5.32 Å². The average molecular weight is 307 g/mol. The number of fused-ring (bicyclic) bond motifs is 1. The van der Waals surface area contributed by atoms with E-state index in [4.69, 9.17) is 9.52 Å². The number of aromatic hydroxyl groups is 2. The van der Waals surface area contributed by atoms with Gasteiger partial charge < -0.3 is 25.1 Å². The van der Waals surface area contributed by atoms with Crippen LogP contribution in [0.15, 0.2) is 21.3 Å². The molecule has 4 N–H and O–H groups in total. The fourth-order valence-corrected chi connectivity index (χ4v) is 2.12. The third-order valence-electron chi connectivity index (χ3n) is 3.34. The predicted octanol–water partition coefficient (Wildman–Crippen LogP) is 0.552. The van der Waals surface area contributed by atoms with E-state index in [9.17, 15) is 19.8 Å². The Morgan fingerprint density at radius 2 is 2.05 bits per heavy atom. The van der Waals surface area contributed by atoms with E-state index in [0.717, 1.165) is 0 Å². The Morgan fingerprint density at radius 3 is 2.68 bits per heavy atom. The molecule has 22 heavy (non-hydrogen) atoms. The van der Waals surface area contributed by atoms with Gasteiger partial charge in [-0.3, -0.25) is 4.79 Å². The van der Waals surface area contributed by atoms with E-state index in [1.807, 2.05) is 0 Å². The van der Waals surface area contributed by atoms with Gasteiger partial charge in [-0.1, -0.05) is 0 Å². The summed E-state index contributed by atoms with van der Waals surface area (Å²) in [5, 5.41) is 31.2. The molecule has 0 fully saturated rings. The molecule has 2 aromatic rings. The molecule has 1 heterocycles. The molecular weight excluding hydrogens is 290 g/mol. The third-order valence-corrected chi connectivity index (χ3v) is 3.34. The third kappa shape index (κ3) is 3.04. The van der Waals surface area contributed by atoms with Crippen molar-refractivity contribution in [2.75, 3.05) is 6.54 Å². The zero-order chi connectivity index (χ0) is 16.4. The summed E-state index contributed by atoms with van der Waals surface area (Å²) < 4.78 is 5.02. The Kier molecular flexibility index (Phi) is 4.37. The van der Waals surface area contributed by atoms with Gasteiger partial charge in [-0.2, -0.15) is 0 Å². The first-order valence-corrected chi connectivity index (χ1v) is 6.73. The van der Waals surface area contributed by atoms with E-state index >= 15 is 0 Å². The first-order valence-electron chi connectivity index (χ1n) is 6.73. The van der Waals surface area contributed by atoms with Crippen LogP contribution in [-0.4, -0.2) is 33.9 Å². The smallest absolute Gasteiger partial charge is 0.340 e. The summed E-state index contributed by atoms with van der Waals surface area (Å²) in [6.07, 6.45) is -0.878. The molecule has 1 amide bonds. The molecule has 0 saturated carbocycles. The average Bonchev–Trinajstić information content (AvgIpc) is 2.45. The molecule has 0 aliphatic rings.